The van der Waals surface area contributed by atoms with Crippen molar-refractivity contribution in [3.8, 4) is 0 Å². The molecular formula is C22H18FN3OS. The number of para-hydroxylation sites is 1. The minimum atomic E-state index is -0.371. The zero-order valence-corrected chi connectivity index (χ0v) is 15.7. The van der Waals surface area contributed by atoms with E-state index in [-0.39, 0.29) is 16.8 Å². The molecule has 0 aliphatic rings. The Labute approximate surface area is 168 Å². The molecule has 3 rings (SSSR count). The van der Waals surface area contributed by atoms with Gasteiger partial charge in [0.2, 0.25) is 5.91 Å². The number of hydrogen-bond acceptors (Lipinski definition) is 3. The molecule has 0 fully saturated rings. The third-order valence-corrected chi connectivity index (χ3v) is 3.94. The molecule has 3 N–H and O–H groups in total. The summed E-state index contributed by atoms with van der Waals surface area (Å²) < 4.78 is 12.9. The van der Waals surface area contributed by atoms with Gasteiger partial charge in [-0.25, -0.2) is 4.39 Å². The van der Waals surface area contributed by atoms with Crippen molar-refractivity contribution in [3.63, 3.8) is 0 Å². The lowest BCUT2D eigenvalue weighted by atomic mass is 10.2. The fraction of sp³-hybridized carbons (Fsp3) is 0. The Morgan fingerprint density at radius 1 is 0.821 bits per heavy atom. The summed E-state index contributed by atoms with van der Waals surface area (Å²) in [7, 11) is 0. The molecule has 3 aromatic carbocycles. The Kier molecular flexibility index (Phi) is 6.49. The molecule has 0 saturated carbocycles. The van der Waals surface area contributed by atoms with Gasteiger partial charge in [-0.05, 0) is 72.4 Å². The minimum Gasteiger partial charge on any atom is -0.356 e. The summed E-state index contributed by atoms with van der Waals surface area (Å²) in [6.07, 6.45) is 2.93. The second-order valence-electron chi connectivity index (χ2n) is 5.90. The van der Waals surface area contributed by atoms with Crippen LogP contribution < -0.4 is 16.0 Å². The molecule has 0 aliphatic heterocycles. The van der Waals surface area contributed by atoms with E-state index >= 15 is 0 Å². The lowest BCUT2D eigenvalue weighted by Gasteiger charge is -2.10. The first-order valence-electron chi connectivity index (χ1n) is 8.56. The molecule has 0 heterocycles. The van der Waals surface area contributed by atoms with Gasteiger partial charge in [-0.2, -0.15) is 0 Å². The number of hydrogen-bond donors (Lipinski definition) is 3. The molecule has 0 saturated heterocycles. The van der Waals surface area contributed by atoms with E-state index in [1.54, 1.807) is 18.2 Å². The summed E-state index contributed by atoms with van der Waals surface area (Å²) in [5.41, 5.74) is 3.41. The van der Waals surface area contributed by atoms with Gasteiger partial charge in [-0.15, -0.1) is 0 Å². The molecule has 28 heavy (non-hydrogen) atoms. The van der Waals surface area contributed by atoms with Gasteiger partial charge in [0.15, 0.2) is 5.11 Å². The van der Waals surface area contributed by atoms with Crippen LogP contribution in [0.3, 0.4) is 0 Å². The van der Waals surface area contributed by atoms with Crippen molar-refractivity contribution in [2.45, 2.75) is 0 Å². The van der Waals surface area contributed by atoms with Crippen LogP contribution in [-0.2, 0) is 4.79 Å². The average molecular weight is 391 g/mol. The number of nitrogens with one attached hydrogen (secondary N) is 3. The van der Waals surface area contributed by atoms with Crippen LogP contribution in [0.15, 0.2) is 84.9 Å². The van der Waals surface area contributed by atoms with Crippen LogP contribution in [0.25, 0.3) is 6.08 Å². The topological polar surface area (TPSA) is 53.2 Å². The second kappa shape index (κ2) is 9.43. The largest absolute Gasteiger partial charge is 0.356 e. The summed E-state index contributed by atoms with van der Waals surface area (Å²) in [6, 6.07) is 23.2. The third-order valence-electron chi connectivity index (χ3n) is 3.74. The fourth-order valence-corrected chi connectivity index (χ4v) is 2.61. The SMILES string of the molecule is O=C(/C=C/c1ccc(F)cc1)NC(=S)Nc1ccc(Nc2ccccc2)cc1. The van der Waals surface area contributed by atoms with Gasteiger partial charge in [-0.1, -0.05) is 30.3 Å². The maximum Gasteiger partial charge on any atom is 0.250 e. The highest BCUT2D eigenvalue weighted by Crippen LogP contribution is 2.18. The number of rotatable bonds is 5. The van der Waals surface area contributed by atoms with E-state index in [2.05, 4.69) is 16.0 Å². The van der Waals surface area contributed by atoms with Crippen molar-refractivity contribution in [2.24, 2.45) is 0 Å². The third kappa shape index (κ3) is 6.03. The maximum atomic E-state index is 12.9. The molecular weight excluding hydrogens is 373 g/mol. The van der Waals surface area contributed by atoms with Crippen molar-refractivity contribution < 1.29 is 9.18 Å². The van der Waals surface area contributed by atoms with E-state index in [0.717, 1.165) is 22.6 Å². The van der Waals surface area contributed by atoms with Crippen LogP contribution in [0.1, 0.15) is 5.56 Å². The van der Waals surface area contributed by atoms with Crippen molar-refractivity contribution in [2.75, 3.05) is 10.6 Å². The van der Waals surface area contributed by atoms with E-state index in [0.29, 0.717) is 0 Å². The maximum absolute atomic E-state index is 12.9. The van der Waals surface area contributed by atoms with Gasteiger partial charge in [0.05, 0.1) is 0 Å². The molecule has 0 atom stereocenters. The van der Waals surface area contributed by atoms with Crippen LogP contribution in [0.2, 0.25) is 0 Å². The minimum absolute atomic E-state index is 0.192. The van der Waals surface area contributed by atoms with Gasteiger partial charge >= 0.3 is 0 Å². The zero-order valence-electron chi connectivity index (χ0n) is 14.9. The standard InChI is InChI=1S/C22H18FN3OS/c23-17-9-6-16(7-10-17)8-15-21(27)26-22(28)25-20-13-11-19(12-14-20)24-18-4-2-1-3-5-18/h1-15,24H,(H2,25,26,27,28)/b15-8+. The number of halogens is 1. The molecule has 3 aromatic rings. The second-order valence-corrected chi connectivity index (χ2v) is 6.30. The lowest BCUT2D eigenvalue weighted by Crippen LogP contribution is -2.32. The molecule has 0 bridgehead atoms. The number of benzene rings is 3. The van der Waals surface area contributed by atoms with Gasteiger partial charge in [0.25, 0.3) is 0 Å². The molecule has 4 nitrogen and oxygen atoms in total. The number of carbonyl (C=O) groups is 1. The first kappa shape index (κ1) is 19.3. The van der Waals surface area contributed by atoms with Crippen molar-refractivity contribution in [1.82, 2.24) is 5.32 Å². The zero-order chi connectivity index (χ0) is 19.8. The summed E-state index contributed by atoms with van der Waals surface area (Å²) >= 11 is 5.16. The number of anilines is 3. The van der Waals surface area contributed by atoms with Gasteiger partial charge in [0, 0.05) is 23.1 Å². The number of amides is 1. The van der Waals surface area contributed by atoms with Crippen LogP contribution in [0.5, 0.6) is 0 Å². The Bertz CT molecular complexity index is 971. The Hall–Kier alpha value is -3.51. The lowest BCUT2D eigenvalue weighted by molar-refractivity contribution is -0.115. The van der Waals surface area contributed by atoms with E-state index in [1.807, 2.05) is 54.6 Å². The van der Waals surface area contributed by atoms with Crippen molar-refractivity contribution in [1.29, 1.82) is 0 Å². The van der Waals surface area contributed by atoms with E-state index in [9.17, 15) is 9.18 Å². The monoisotopic (exact) mass is 391 g/mol. The van der Waals surface area contributed by atoms with Gasteiger partial charge in [-0.3, -0.25) is 10.1 Å². The van der Waals surface area contributed by atoms with Crippen LogP contribution in [-0.4, -0.2) is 11.0 Å². The van der Waals surface area contributed by atoms with Crippen LogP contribution >= 0.6 is 12.2 Å². The Morgan fingerprint density at radius 2 is 1.43 bits per heavy atom. The smallest absolute Gasteiger partial charge is 0.250 e. The quantitative estimate of drug-likeness (QED) is 0.419. The summed E-state index contributed by atoms with van der Waals surface area (Å²) in [5, 5.41) is 9.01. The molecule has 1 amide bonds. The molecule has 0 aliphatic carbocycles. The van der Waals surface area contributed by atoms with E-state index < -0.39 is 0 Å². The molecule has 0 spiro atoms. The highest BCUT2D eigenvalue weighted by molar-refractivity contribution is 7.80. The van der Waals surface area contributed by atoms with Crippen LogP contribution in [0.4, 0.5) is 21.5 Å². The number of thiocarbonyl (C=S) groups is 1. The summed E-state index contributed by atoms with van der Waals surface area (Å²) in [5.74, 6) is -0.693. The Morgan fingerprint density at radius 3 is 2.11 bits per heavy atom. The highest BCUT2D eigenvalue weighted by atomic mass is 32.1. The van der Waals surface area contributed by atoms with E-state index in [1.165, 1.54) is 18.2 Å². The van der Waals surface area contributed by atoms with Crippen LogP contribution in [0, 0.1) is 5.82 Å². The predicted octanol–water partition coefficient (Wildman–Crippen LogP) is 5.10. The normalized spacial score (nSPS) is 10.5. The number of carbonyl (C=O) groups excluding carboxylic acids is 1. The van der Waals surface area contributed by atoms with Gasteiger partial charge < -0.3 is 10.6 Å². The Balaban J connectivity index is 1.50. The van der Waals surface area contributed by atoms with Gasteiger partial charge in [0.1, 0.15) is 5.82 Å². The summed E-state index contributed by atoms with van der Waals surface area (Å²) in [4.78, 5) is 11.9. The molecule has 0 aromatic heterocycles. The highest BCUT2D eigenvalue weighted by Gasteiger charge is 2.02. The van der Waals surface area contributed by atoms with Crippen molar-refractivity contribution in [3.05, 3.63) is 96.3 Å². The average Bonchev–Trinajstić information content (AvgIpc) is 2.70. The molecule has 6 heteroatoms. The predicted molar refractivity (Wildman–Crippen MR) is 116 cm³/mol. The molecule has 140 valence electrons. The molecule has 0 unspecified atom stereocenters. The first-order chi connectivity index (χ1) is 13.6. The molecule has 0 radical (unpaired) electrons. The fourth-order valence-electron chi connectivity index (χ4n) is 2.39. The summed E-state index contributed by atoms with van der Waals surface area (Å²) in [6.45, 7) is 0. The van der Waals surface area contributed by atoms with Crippen molar-refractivity contribution >= 4 is 46.4 Å². The van der Waals surface area contributed by atoms with E-state index in [4.69, 9.17) is 12.2 Å². The first-order valence-corrected chi connectivity index (χ1v) is 8.97.